The van der Waals surface area contributed by atoms with Crippen molar-refractivity contribution in [1.82, 2.24) is 20.2 Å². The number of esters is 1. The molecule has 4 rings (SSSR count). The number of benzene rings is 3. The number of tetrazole rings is 1. The number of nitrogens with one attached hydrogen (secondary N) is 2. The molecule has 1 aromatic heterocycles. The van der Waals surface area contributed by atoms with Crippen LogP contribution in [0.2, 0.25) is 0 Å². The van der Waals surface area contributed by atoms with Gasteiger partial charge in [0.15, 0.2) is 6.61 Å². The number of ether oxygens (including phenoxy) is 2. The summed E-state index contributed by atoms with van der Waals surface area (Å²) >= 11 is 1.11. The number of rotatable bonds is 10. The predicted octanol–water partition coefficient (Wildman–Crippen LogP) is 3.81. The second kappa shape index (κ2) is 12.7. The first-order valence-electron chi connectivity index (χ1n) is 11.8. The van der Waals surface area contributed by atoms with E-state index in [9.17, 15) is 14.4 Å². The summed E-state index contributed by atoms with van der Waals surface area (Å²) in [4.78, 5) is 36.9. The molecule has 0 bridgehead atoms. The van der Waals surface area contributed by atoms with Crippen molar-refractivity contribution >= 4 is 40.9 Å². The number of hydrogen-bond donors (Lipinski definition) is 2. The predicted molar refractivity (Wildman–Crippen MR) is 146 cm³/mol. The first kappa shape index (κ1) is 27.3. The maximum atomic E-state index is 12.5. The molecular formula is C27H26N6O5S. The Hall–Kier alpha value is -4.71. The molecule has 11 nitrogen and oxygen atoms in total. The summed E-state index contributed by atoms with van der Waals surface area (Å²) in [6, 6.07) is 19.2. The third kappa shape index (κ3) is 7.42. The summed E-state index contributed by atoms with van der Waals surface area (Å²) in [5, 5.41) is 17.6. The van der Waals surface area contributed by atoms with Gasteiger partial charge in [0.05, 0.1) is 18.6 Å². The molecule has 0 saturated heterocycles. The number of anilines is 2. The molecule has 0 aliphatic carbocycles. The van der Waals surface area contributed by atoms with E-state index in [1.54, 1.807) is 60.3 Å². The van der Waals surface area contributed by atoms with Crippen LogP contribution in [0, 0.1) is 13.8 Å². The third-order valence-corrected chi connectivity index (χ3v) is 6.39. The normalized spacial score (nSPS) is 10.5. The van der Waals surface area contributed by atoms with Gasteiger partial charge in [0.2, 0.25) is 5.16 Å². The quantitative estimate of drug-likeness (QED) is 0.225. The van der Waals surface area contributed by atoms with E-state index in [4.69, 9.17) is 9.47 Å². The number of aromatic nitrogens is 4. The van der Waals surface area contributed by atoms with E-state index < -0.39 is 18.5 Å². The summed E-state index contributed by atoms with van der Waals surface area (Å²) in [6.45, 7) is 3.46. The first-order chi connectivity index (χ1) is 18.8. The van der Waals surface area contributed by atoms with Crippen LogP contribution in [-0.2, 0) is 14.3 Å². The minimum absolute atomic E-state index is 0.0729. The van der Waals surface area contributed by atoms with Gasteiger partial charge < -0.3 is 20.1 Å². The van der Waals surface area contributed by atoms with Gasteiger partial charge in [0.1, 0.15) is 5.75 Å². The van der Waals surface area contributed by atoms with E-state index in [-0.39, 0.29) is 11.7 Å². The molecule has 39 heavy (non-hydrogen) atoms. The van der Waals surface area contributed by atoms with E-state index in [2.05, 4.69) is 26.2 Å². The number of amides is 2. The van der Waals surface area contributed by atoms with Gasteiger partial charge in [-0.15, -0.1) is 5.10 Å². The Morgan fingerprint density at radius 3 is 2.33 bits per heavy atom. The maximum Gasteiger partial charge on any atom is 0.316 e. The lowest BCUT2D eigenvalue weighted by Crippen LogP contribution is -2.21. The number of nitrogens with zero attached hydrogens (tertiary/aromatic N) is 4. The summed E-state index contributed by atoms with van der Waals surface area (Å²) in [5.41, 5.74) is 4.35. The number of carbonyl (C=O) groups is 3. The van der Waals surface area contributed by atoms with Gasteiger partial charge in [-0.3, -0.25) is 14.4 Å². The lowest BCUT2D eigenvalue weighted by molar-refractivity contribution is -0.144. The van der Waals surface area contributed by atoms with Crippen LogP contribution < -0.4 is 15.4 Å². The SMILES string of the molecule is COc1ccc(NC(=O)c2ccc(NC(=O)COC(=O)CSc3nnnn3-c3cc(C)ccc3C)cc2)cc1. The molecule has 0 radical (unpaired) electrons. The smallest absolute Gasteiger partial charge is 0.316 e. The number of hydrogen-bond acceptors (Lipinski definition) is 9. The molecule has 0 aliphatic heterocycles. The van der Waals surface area contributed by atoms with Crippen LogP contribution in [-0.4, -0.2) is 57.5 Å². The van der Waals surface area contributed by atoms with E-state index in [1.165, 1.54) is 0 Å². The first-order valence-corrected chi connectivity index (χ1v) is 12.8. The minimum atomic E-state index is -0.587. The molecule has 0 spiro atoms. The summed E-state index contributed by atoms with van der Waals surface area (Å²) in [6.07, 6.45) is 0. The van der Waals surface area contributed by atoms with Crippen LogP contribution in [0.5, 0.6) is 5.75 Å². The average Bonchev–Trinajstić information content (AvgIpc) is 3.41. The number of methoxy groups -OCH3 is 1. The Bertz CT molecular complexity index is 1470. The highest BCUT2D eigenvalue weighted by Gasteiger charge is 2.15. The Kier molecular flexibility index (Phi) is 8.90. The van der Waals surface area contributed by atoms with Gasteiger partial charge in [-0.1, -0.05) is 23.9 Å². The molecule has 200 valence electrons. The fourth-order valence-electron chi connectivity index (χ4n) is 3.46. The zero-order valence-electron chi connectivity index (χ0n) is 21.5. The number of thioether (sulfide) groups is 1. The monoisotopic (exact) mass is 546 g/mol. The van der Waals surface area contributed by atoms with E-state index in [0.29, 0.717) is 27.8 Å². The molecule has 0 unspecified atom stereocenters. The van der Waals surface area contributed by atoms with Gasteiger partial charge in [-0.25, -0.2) is 0 Å². The van der Waals surface area contributed by atoms with Crippen molar-refractivity contribution in [1.29, 1.82) is 0 Å². The van der Waals surface area contributed by atoms with E-state index >= 15 is 0 Å². The maximum absolute atomic E-state index is 12.5. The molecule has 0 saturated carbocycles. The fraction of sp³-hybridized carbons (Fsp3) is 0.185. The summed E-state index contributed by atoms with van der Waals surface area (Å²) < 4.78 is 11.8. The van der Waals surface area contributed by atoms with Gasteiger partial charge >= 0.3 is 5.97 Å². The van der Waals surface area contributed by atoms with Crippen LogP contribution in [0.3, 0.4) is 0 Å². The van der Waals surface area contributed by atoms with Crippen molar-refractivity contribution in [3.8, 4) is 11.4 Å². The second-order valence-electron chi connectivity index (χ2n) is 8.42. The van der Waals surface area contributed by atoms with Gasteiger partial charge in [0.25, 0.3) is 11.8 Å². The third-order valence-electron chi connectivity index (χ3n) is 5.50. The van der Waals surface area contributed by atoms with Crippen LogP contribution in [0.1, 0.15) is 21.5 Å². The lowest BCUT2D eigenvalue weighted by atomic mass is 10.1. The average molecular weight is 547 g/mol. The van der Waals surface area contributed by atoms with Crippen molar-refractivity contribution in [2.75, 3.05) is 30.1 Å². The largest absolute Gasteiger partial charge is 0.497 e. The molecular weight excluding hydrogens is 520 g/mol. The molecule has 1 heterocycles. The Morgan fingerprint density at radius 1 is 0.923 bits per heavy atom. The second-order valence-corrected chi connectivity index (χ2v) is 9.36. The molecule has 4 aromatic rings. The van der Waals surface area contributed by atoms with Crippen molar-refractivity contribution < 1.29 is 23.9 Å². The van der Waals surface area contributed by atoms with Crippen LogP contribution in [0.25, 0.3) is 5.69 Å². The highest BCUT2D eigenvalue weighted by molar-refractivity contribution is 7.99. The zero-order chi connectivity index (χ0) is 27.8. The Balaban J connectivity index is 1.23. The zero-order valence-corrected chi connectivity index (χ0v) is 22.3. The highest BCUT2D eigenvalue weighted by atomic mass is 32.2. The van der Waals surface area contributed by atoms with Crippen molar-refractivity contribution in [3.63, 3.8) is 0 Å². The Morgan fingerprint density at radius 2 is 1.62 bits per heavy atom. The molecule has 2 amide bonds. The highest BCUT2D eigenvalue weighted by Crippen LogP contribution is 2.22. The van der Waals surface area contributed by atoms with Crippen molar-refractivity contribution in [2.24, 2.45) is 0 Å². The molecule has 12 heteroatoms. The topological polar surface area (TPSA) is 137 Å². The number of carbonyl (C=O) groups excluding carboxylic acids is 3. The van der Waals surface area contributed by atoms with Gasteiger partial charge in [-0.2, -0.15) is 4.68 Å². The molecule has 0 atom stereocenters. The molecule has 0 fully saturated rings. The fourth-order valence-corrected chi connectivity index (χ4v) is 4.14. The van der Waals surface area contributed by atoms with Gasteiger partial charge in [0, 0.05) is 16.9 Å². The summed E-state index contributed by atoms with van der Waals surface area (Å²) in [5.74, 6) is -0.781. The Labute approximate surface area is 228 Å². The molecule has 0 aliphatic rings. The van der Waals surface area contributed by atoms with Crippen LogP contribution in [0.4, 0.5) is 11.4 Å². The lowest BCUT2D eigenvalue weighted by Gasteiger charge is -2.09. The summed E-state index contributed by atoms with van der Waals surface area (Å²) in [7, 11) is 1.57. The molecule has 2 N–H and O–H groups in total. The van der Waals surface area contributed by atoms with Crippen molar-refractivity contribution in [2.45, 2.75) is 19.0 Å². The van der Waals surface area contributed by atoms with E-state index in [1.807, 2.05) is 32.0 Å². The van der Waals surface area contributed by atoms with Crippen LogP contribution in [0.15, 0.2) is 71.9 Å². The van der Waals surface area contributed by atoms with E-state index in [0.717, 1.165) is 28.6 Å². The van der Waals surface area contributed by atoms with Crippen molar-refractivity contribution in [3.05, 3.63) is 83.4 Å². The minimum Gasteiger partial charge on any atom is -0.497 e. The molecule has 3 aromatic carbocycles. The standard InChI is InChI=1S/C27H26N6O5S/c1-17-4-5-18(2)23(14-17)33-27(30-31-32-33)39-16-25(35)38-15-24(34)28-20-8-6-19(7-9-20)26(36)29-21-10-12-22(37-3)13-11-21/h4-14H,15-16H2,1-3H3,(H,28,34)(H,29,36). The van der Waals surface area contributed by atoms with Crippen LogP contribution >= 0.6 is 11.8 Å². The van der Waals surface area contributed by atoms with Gasteiger partial charge in [-0.05, 0) is 90.0 Å². The number of aryl methyl sites for hydroxylation is 2.